The number of rotatable bonds is 4. The number of hydrogen-bond acceptors (Lipinski definition) is 2. The molecule has 0 unspecified atom stereocenters. The monoisotopic (exact) mass is 269 g/mol. The summed E-state index contributed by atoms with van der Waals surface area (Å²) < 4.78 is 1.82. The van der Waals surface area contributed by atoms with Crippen LogP contribution in [-0.4, -0.2) is 15.7 Å². The van der Waals surface area contributed by atoms with Crippen molar-refractivity contribution in [3.63, 3.8) is 0 Å². The van der Waals surface area contributed by atoms with E-state index >= 15 is 0 Å². The van der Waals surface area contributed by atoms with Gasteiger partial charge in [-0.1, -0.05) is 30.3 Å². The van der Waals surface area contributed by atoms with Gasteiger partial charge in [0.05, 0.1) is 6.20 Å². The zero-order valence-electron chi connectivity index (χ0n) is 11.8. The molecule has 20 heavy (non-hydrogen) atoms. The minimum Gasteiger partial charge on any atom is -0.352 e. The molecule has 1 aromatic heterocycles. The van der Waals surface area contributed by atoms with Crippen LogP contribution in [0.1, 0.15) is 29.2 Å². The van der Waals surface area contributed by atoms with Crippen molar-refractivity contribution >= 4 is 5.91 Å². The van der Waals surface area contributed by atoms with Crippen molar-refractivity contribution in [1.82, 2.24) is 15.1 Å². The van der Waals surface area contributed by atoms with Crippen molar-refractivity contribution in [3.05, 3.63) is 53.3 Å². The van der Waals surface area contributed by atoms with Gasteiger partial charge in [0.25, 0.3) is 0 Å². The van der Waals surface area contributed by atoms with Crippen LogP contribution in [0.5, 0.6) is 0 Å². The van der Waals surface area contributed by atoms with Gasteiger partial charge in [0.15, 0.2) is 0 Å². The quantitative estimate of drug-likeness (QED) is 0.924. The van der Waals surface area contributed by atoms with Crippen LogP contribution in [0.15, 0.2) is 36.5 Å². The standard InChI is InChI=1S/C16H19N3O/c1-11-13(10-18-19(11)2)9-17-16(20)15-8-14(15)12-6-4-3-5-7-12/h3-7,10,14-15H,8-9H2,1-2H3,(H,17,20)/t14-,15+/m0/s1. The average molecular weight is 269 g/mol. The first-order valence-electron chi connectivity index (χ1n) is 6.97. The Bertz CT molecular complexity index is 618. The number of hydrogen-bond donors (Lipinski definition) is 1. The van der Waals surface area contributed by atoms with Crippen LogP contribution in [0.2, 0.25) is 0 Å². The molecule has 2 aromatic rings. The minimum absolute atomic E-state index is 0.134. The first-order chi connectivity index (χ1) is 9.66. The second-order valence-corrected chi connectivity index (χ2v) is 5.46. The van der Waals surface area contributed by atoms with Crippen LogP contribution in [0, 0.1) is 12.8 Å². The summed E-state index contributed by atoms with van der Waals surface area (Å²) in [5.74, 6) is 0.683. The highest BCUT2D eigenvalue weighted by molar-refractivity contribution is 5.82. The van der Waals surface area contributed by atoms with Crippen LogP contribution < -0.4 is 5.32 Å². The van der Waals surface area contributed by atoms with Crippen molar-refractivity contribution in [3.8, 4) is 0 Å². The molecular weight excluding hydrogens is 250 g/mol. The molecular formula is C16H19N3O. The number of benzene rings is 1. The van der Waals surface area contributed by atoms with Crippen LogP contribution in [-0.2, 0) is 18.4 Å². The molecule has 3 rings (SSSR count). The van der Waals surface area contributed by atoms with Gasteiger partial charge in [0, 0.05) is 30.8 Å². The molecule has 1 heterocycles. The van der Waals surface area contributed by atoms with Crippen LogP contribution >= 0.6 is 0 Å². The summed E-state index contributed by atoms with van der Waals surface area (Å²) in [5, 5.41) is 7.21. The van der Waals surface area contributed by atoms with E-state index in [0.29, 0.717) is 12.5 Å². The van der Waals surface area contributed by atoms with Crippen LogP contribution in [0.4, 0.5) is 0 Å². The maximum absolute atomic E-state index is 12.1. The molecule has 1 saturated carbocycles. The van der Waals surface area contributed by atoms with E-state index in [1.807, 2.05) is 43.0 Å². The molecule has 4 heteroatoms. The summed E-state index contributed by atoms with van der Waals surface area (Å²) >= 11 is 0. The highest BCUT2D eigenvalue weighted by atomic mass is 16.2. The van der Waals surface area contributed by atoms with Gasteiger partial charge < -0.3 is 5.32 Å². The predicted molar refractivity (Wildman–Crippen MR) is 77.1 cm³/mol. The summed E-state index contributed by atoms with van der Waals surface area (Å²) in [7, 11) is 1.91. The Morgan fingerprint density at radius 3 is 2.80 bits per heavy atom. The maximum Gasteiger partial charge on any atom is 0.224 e. The molecule has 1 aliphatic rings. The highest BCUT2D eigenvalue weighted by Crippen LogP contribution is 2.47. The number of nitrogens with zero attached hydrogens (tertiary/aromatic N) is 2. The summed E-state index contributed by atoms with van der Waals surface area (Å²) in [6, 6.07) is 10.3. The molecule has 1 aromatic carbocycles. The Balaban J connectivity index is 1.55. The van der Waals surface area contributed by atoms with Crippen molar-refractivity contribution in [1.29, 1.82) is 0 Å². The van der Waals surface area contributed by atoms with Gasteiger partial charge in [0.1, 0.15) is 0 Å². The van der Waals surface area contributed by atoms with E-state index in [-0.39, 0.29) is 11.8 Å². The van der Waals surface area contributed by atoms with Crippen molar-refractivity contribution < 1.29 is 4.79 Å². The first kappa shape index (κ1) is 12.9. The number of aromatic nitrogens is 2. The maximum atomic E-state index is 12.1. The highest BCUT2D eigenvalue weighted by Gasteiger charge is 2.43. The Morgan fingerprint density at radius 2 is 2.15 bits per heavy atom. The van der Waals surface area contributed by atoms with E-state index in [1.54, 1.807) is 0 Å². The fourth-order valence-electron chi connectivity index (χ4n) is 2.58. The van der Waals surface area contributed by atoms with Gasteiger partial charge in [-0.2, -0.15) is 5.10 Å². The zero-order chi connectivity index (χ0) is 14.1. The molecule has 2 atom stereocenters. The normalized spacial score (nSPS) is 20.7. The first-order valence-corrected chi connectivity index (χ1v) is 6.97. The minimum atomic E-state index is 0.134. The molecule has 1 amide bonds. The molecule has 4 nitrogen and oxygen atoms in total. The molecule has 0 bridgehead atoms. The Hall–Kier alpha value is -2.10. The van der Waals surface area contributed by atoms with Gasteiger partial charge in [0.2, 0.25) is 5.91 Å². The summed E-state index contributed by atoms with van der Waals surface area (Å²) in [6.45, 7) is 2.58. The average Bonchev–Trinajstić information content (AvgIpc) is 3.21. The third kappa shape index (κ3) is 2.46. The lowest BCUT2D eigenvalue weighted by Crippen LogP contribution is -2.25. The van der Waals surface area contributed by atoms with E-state index in [4.69, 9.17) is 0 Å². The fraction of sp³-hybridized carbons (Fsp3) is 0.375. The Kier molecular flexibility index (Phi) is 3.30. The molecule has 1 N–H and O–H groups in total. The molecule has 0 spiro atoms. The summed E-state index contributed by atoms with van der Waals surface area (Å²) in [4.78, 5) is 12.1. The van der Waals surface area contributed by atoms with E-state index in [1.165, 1.54) is 5.56 Å². The SMILES string of the molecule is Cc1c(CNC(=O)[C@@H]2C[C@H]2c2ccccc2)cnn1C. The van der Waals surface area contributed by atoms with Gasteiger partial charge in [-0.05, 0) is 24.8 Å². The largest absolute Gasteiger partial charge is 0.352 e. The number of amides is 1. The molecule has 0 aliphatic heterocycles. The van der Waals surface area contributed by atoms with Gasteiger partial charge in [-0.3, -0.25) is 9.48 Å². The van der Waals surface area contributed by atoms with Gasteiger partial charge >= 0.3 is 0 Å². The summed E-state index contributed by atoms with van der Waals surface area (Å²) in [5.41, 5.74) is 3.45. The van der Waals surface area contributed by atoms with E-state index in [9.17, 15) is 4.79 Å². The summed E-state index contributed by atoms with van der Waals surface area (Å²) in [6.07, 6.45) is 2.78. The van der Waals surface area contributed by atoms with Crippen LogP contribution in [0.3, 0.4) is 0 Å². The third-order valence-electron chi connectivity index (χ3n) is 4.14. The molecule has 0 radical (unpaired) electrons. The molecule has 1 aliphatic carbocycles. The second kappa shape index (κ2) is 5.12. The zero-order valence-corrected chi connectivity index (χ0v) is 11.8. The van der Waals surface area contributed by atoms with Crippen molar-refractivity contribution in [2.75, 3.05) is 0 Å². The Labute approximate surface area is 118 Å². The van der Waals surface area contributed by atoms with Crippen LogP contribution in [0.25, 0.3) is 0 Å². The lowest BCUT2D eigenvalue weighted by molar-refractivity contribution is -0.122. The number of aryl methyl sites for hydroxylation is 1. The van der Waals surface area contributed by atoms with Crippen molar-refractivity contribution in [2.24, 2.45) is 13.0 Å². The number of carbonyl (C=O) groups excluding carboxylic acids is 1. The lowest BCUT2D eigenvalue weighted by Gasteiger charge is -2.05. The topological polar surface area (TPSA) is 46.9 Å². The van der Waals surface area contributed by atoms with E-state index in [2.05, 4.69) is 22.5 Å². The number of carbonyl (C=O) groups is 1. The van der Waals surface area contributed by atoms with E-state index in [0.717, 1.165) is 17.7 Å². The van der Waals surface area contributed by atoms with Gasteiger partial charge in [-0.25, -0.2) is 0 Å². The van der Waals surface area contributed by atoms with E-state index < -0.39 is 0 Å². The third-order valence-corrected chi connectivity index (χ3v) is 4.14. The molecule has 1 fully saturated rings. The lowest BCUT2D eigenvalue weighted by atomic mass is 10.1. The predicted octanol–water partition coefficient (Wildman–Crippen LogP) is 2.15. The molecule has 0 saturated heterocycles. The van der Waals surface area contributed by atoms with Crippen molar-refractivity contribution in [2.45, 2.75) is 25.8 Å². The fourth-order valence-corrected chi connectivity index (χ4v) is 2.58. The Morgan fingerprint density at radius 1 is 1.40 bits per heavy atom. The molecule has 104 valence electrons. The second-order valence-electron chi connectivity index (χ2n) is 5.46. The number of nitrogens with one attached hydrogen (secondary N) is 1. The van der Waals surface area contributed by atoms with Gasteiger partial charge in [-0.15, -0.1) is 0 Å². The smallest absolute Gasteiger partial charge is 0.224 e.